The molecular weight excluding hydrogens is 709 g/mol. The molecule has 268 valence electrons. The molecule has 9 aromatic carbocycles. The molecule has 0 saturated heterocycles. The average Bonchev–Trinajstić information content (AvgIpc) is 3.83. The second-order valence-corrected chi connectivity index (χ2v) is 15.7. The standard InChI is InChI=1S/C54H36N2S/c1-4-13-36(14-5-1)38-23-27-44(28-24-38)56-50-31-26-42(35-48(50)45-29-32-52-53(54(45)56)46-21-10-11-22-51(46)57-52)41-25-30-49(47(34-41)39-17-8-3-9-18-39)55-43-20-12-19-40(33-43)37-15-6-2-7-16-37/h1-35,55H. The third kappa shape index (κ3) is 5.88. The minimum atomic E-state index is 1.06. The Morgan fingerprint density at radius 2 is 0.965 bits per heavy atom. The van der Waals surface area contributed by atoms with E-state index in [-0.39, 0.29) is 0 Å². The van der Waals surface area contributed by atoms with Gasteiger partial charge in [-0.1, -0.05) is 152 Å². The first-order chi connectivity index (χ1) is 28.2. The van der Waals surface area contributed by atoms with E-state index in [2.05, 4.69) is 222 Å². The zero-order valence-electron chi connectivity index (χ0n) is 31.1. The molecule has 1 N–H and O–H groups in total. The molecule has 0 amide bonds. The van der Waals surface area contributed by atoms with E-state index in [1.807, 2.05) is 11.3 Å². The molecule has 2 aromatic heterocycles. The van der Waals surface area contributed by atoms with Gasteiger partial charge in [0.05, 0.1) is 11.0 Å². The lowest BCUT2D eigenvalue weighted by molar-refractivity contribution is 1.19. The van der Waals surface area contributed by atoms with E-state index in [4.69, 9.17) is 0 Å². The van der Waals surface area contributed by atoms with E-state index in [9.17, 15) is 0 Å². The van der Waals surface area contributed by atoms with Gasteiger partial charge in [0, 0.05) is 53.6 Å². The van der Waals surface area contributed by atoms with Crippen molar-refractivity contribution in [3.8, 4) is 50.2 Å². The first kappa shape index (κ1) is 33.2. The summed E-state index contributed by atoms with van der Waals surface area (Å²) < 4.78 is 5.10. The number of nitrogens with one attached hydrogen (secondary N) is 1. The quantitative estimate of drug-likeness (QED) is 0.172. The maximum absolute atomic E-state index is 3.78. The van der Waals surface area contributed by atoms with Gasteiger partial charge < -0.3 is 9.88 Å². The molecule has 0 atom stereocenters. The summed E-state index contributed by atoms with van der Waals surface area (Å²) in [5.74, 6) is 0. The lowest BCUT2D eigenvalue weighted by Crippen LogP contribution is -1.95. The van der Waals surface area contributed by atoms with Crippen molar-refractivity contribution in [2.75, 3.05) is 5.32 Å². The highest BCUT2D eigenvalue weighted by molar-refractivity contribution is 7.26. The van der Waals surface area contributed by atoms with Gasteiger partial charge in [-0.05, 0) is 99.6 Å². The van der Waals surface area contributed by atoms with Crippen molar-refractivity contribution in [2.45, 2.75) is 0 Å². The van der Waals surface area contributed by atoms with Gasteiger partial charge in [-0.15, -0.1) is 11.3 Å². The van der Waals surface area contributed by atoms with Gasteiger partial charge in [-0.3, -0.25) is 0 Å². The SMILES string of the molecule is c1ccc(-c2ccc(-n3c4ccc(-c5ccc(Nc6cccc(-c7ccccc7)c6)c(-c6ccccc6)c5)cc4c4ccc5sc6ccccc6c5c43)cc2)cc1. The Balaban J connectivity index is 1.07. The highest BCUT2D eigenvalue weighted by Crippen LogP contribution is 2.44. The predicted molar refractivity (Wildman–Crippen MR) is 245 cm³/mol. The van der Waals surface area contributed by atoms with Crippen LogP contribution < -0.4 is 5.32 Å². The fraction of sp³-hybridized carbons (Fsp3) is 0. The molecular formula is C54H36N2S. The summed E-state index contributed by atoms with van der Waals surface area (Å²) in [4.78, 5) is 0. The van der Waals surface area contributed by atoms with E-state index in [1.165, 1.54) is 80.9 Å². The van der Waals surface area contributed by atoms with Crippen LogP contribution in [0.2, 0.25) is 0 Å². The molecule has 0 saturated carbocycles. The fourth-order valence-electron chi connectivity index (χ4n) is 8.45. The molecule has 0 fully saturated rings. The highest BCUT2D eigenvalue weighted by Gasteiger charge is 2.19. The molecule has 0 radical (unpaired) electrons. The smallest absolute Gasteiger partial charge is 0.0634 e. The summed E-state index contributed by atoms with van der Waals surface area (Å²) in [5.41, 5.74) is 15.2. The number of nitrogens with zero attached hydrogens (tertiary/aromatic N) is 1. The van der Waals surface area contributed by atoms with Crippen molar-refractivity contribution in [1.29, 1.82) is 0 Å². The number of hydrogen-bond donors (Lipinski definition) is 1. The summed E-state index contributed by atoms with van der Waals surface area (Å²) in [6, 6.07) is 76.9. The van der Waals surface area contributed by atoms with Crippen molar-refractivity contribution in [1.82, 2.24) is 4.57 Å². The Hall–Kier alpha value is -7.20. The van der Waals surface area contributed by atoms with Crippen molar-refractivity contribution >= 4 is 64.7 Å². The molecule has 0 aliphatic carbocycles. The lowest BCUT2D eigenvalue weighted by atomic mass is 9.96. The zero-order chi connectivity index (χ0) is 37.7. The second-order valence-electron chi connectivity index (χ2n) is 14.6. The van der Waals surface area contributed by atoms with Crippen LogP contribution in [0.5, 0.6) is 0 Å². The Bertz CT molecular complexity index is 3230. The monoisotopic (exact) mass is 744 g/mol. The first-order valence-electron chi connectivity index (χ1n) is 19.4. The van der Waals surface area contributed by atoms with E-state index < -0.39 is 0 Å². The van der Waals surface area contributed by atoms with Crippen LogP contribution in [0.3, 0.4) is 0 Å². The molecule has 0 aliphatic rings. The van der Waals surface area contributed by atoms with Crippen molar-refractivity contribution < 1.29 is 0 Å². The highest BCUT2D eigenvalue weighted by atomic mass is 32.1. The minimum absolute atomic E-state index is 1.06. The second kappa shape index (κ2) is 13.8. The molecule has 2 heterocycles. The van der Waals surface area contributed by atoms with E-state index in [1.54, 1.807) is 0 Å². The lowest BCUT2D eigenvalue weighted by Gasteiger charge is -2.16. The van der Waals surface area contributed by atoms with E-state index in [0.717, 1.165) is 22.6 Å². The molecule has 0 unspecified atom stereocenters. The number of rotatable bonds is 7. The average molecular weight is 745 g/mol. The van der Waals surface area contributed by atoms with Crippen LogP contribution >= 0.6 is 11.3 Å². The summed E-state index contributed by atoms with van der Waals surface area (Å²) in [7, 11) is 0. The van der Waals surface area contributed by atoms with Crippen LogP contribution in [0.15, 0.2) is 212 Å². The zero-order valence-corrected chi connectivity index (χ0v) is 31.9. The third-order valence-corrected chi connectivity index (χ3v) is 12.3. The van der Waals surface area contributed by atoms with Gasteiger partial charge in [-0.2, -0.15) is 0 Å². The summed E-state index contributed by atoms with van der Waals surface area (Å²) in [6.45, 7) is 0. The first-order valence-corrected chi connectivity index (χ1v) is 20.2. The summed E-state index contributed by atoms with van der Waals surface area (Å²) >= 11 is 1.87. The number of hydrogen-bond acceptors (Lipinski definition) is 2. The molecule has 2 nitrogen and oxygen atoms in total. The van der Waals surface area contributed by atoms with Crippen LogP contribution in [0.1, 0.15) is 0 Å². The molecule has 57 heavy (non-hydrogen) atoms. The van der Waals surface area contributed by atoms with Crippen LogP contribution in [0.4, 0.5) is 11.4 Å². The third-order valence-electron chi connectivity index (χ3n) is 11.2. The predicted octanol–water partition coefficient (Wildman–Crippen LogP) is 15.6. The van der Waals surface area contributed by atoms with E-state index in [0.29, 0.717) is 0 Å². The van der Waals surface area contributed by atoms with Gasteiger partial charge in [0.15, 0.2) is 0 Å². The maximum Gasteiger partial charge on any atom is 0.0634 e. The van der Waals surface area contributed by atoms with Gasteiger partial charge in [0.25, 0.3) is 0 Å². The van der Waals surface area contributed by atoms with Gasteiger partial charge >= 0.3 is 0 Å². The summed E-state index contributed by atoms with van der Waals surface area (Å²) in [6.07, 6.45) is 0. The van der Waals surface area contributed by atoms with Crippen LogP contribution in [-0.4, -0.2) is 4.57 Å². The topological polar surface area (TPSA) is 17.0 Å². The molecule has 11 rings (SSSR count). The summed E-state index contributed by atoms with van der Waals surface area (Å²) in [5, 5.41) is 8.90. The van der Waals surface area contributed by atoms with Crippen molar-refractivity contribution in [3.05, 3.63) is 212 Å². The molecule has 3 heteroatoms. The van der Waals surface area contributed by atoms with Crippen molar-refractivity contribution in [3.63, 3.8) is 0 Å². The van der Waals surface area contributed by atoms with Crippen LogP contribution in [-0.2, 0) is 0 Å². The van der Waals surface area contributed by atoms with E-state index >= 15 is 0 Å². The number of aromatic nitrogens is 1. The molecule has 0 bridgehead atoms. The fourth-order valence-corrected chi connectivity index (χ4v) is 9.56. The largest absolute Gasteiger partial charge is 0.355 e. The molecule has 0 aliphatic heterocycles. The van der Waals surface area contributed by atoms with Crippen molar-refractivity contribution in [2.24, 2.45) is 0 Å². The Kier molecular flexibility index (Phi) is 8.04. The minimum Gasteiger partial charge on any atom is -0.355 e. The number of fused-ring (bicyclic) bond motifs is 7. The van der Waals surface area contributed by atoms with Gasteiger partial charge in [-0.25, -0.2) is 0 Å². The van der Waals surface area contributed by atoms with Crippen LogP contribution in [0, 0.1) is 0 Å². The molecule has 0 spiro atoms. The number of anilines is 2. The van der Waals surface area contributed by atoms with Crippen LogP contribution in [0.25, 0.3) is 92.2 Å². The number of benzene rings is 9. The normalized spacial score (nSPS) is 11.5. The maximum atomic E-state index is 3.78. The Labute approximate surface area is 335 Å². The Morgan fingerprint density at radius 1 is 0.368 bits per heavy atom. The number of thiophene rings is 1. The van der Waals surface area contributed by atoms with Gasteiger partial charge in [0.2, 0.25) is 0 Å². The Morgan fingerprint density at radius 3 is 1.74 bits per heavy atom. The van der Waals surface area contributed by atoms with Gasteiger partial charge in [0.1, 0.15) is 0 Å². The molecule has 11 aromatic rings.